The smallest absolute Gasteiger partial charge is 0.191 e. The third-order valence-corrected chi connectivity index (χ3v) is 4.80. The largest absolute Gasteiger partial charge is 0.357 e. The summed E-state index contributed by atoms with van der Waals surface area (Å²) in [5.74, 6) is 1.92. The molecule has 6 heteroatoms. The number of nitrogens with zero attached hydrogens (tertiary/aromatic N) is 3. The number of likely N-dealkylation sites (N-methyl/N-ethyl adjacent to an activating group) is 1. The van der Waals surface area contributed by atoms with Gasteiger partial charge in [-0.15, -0.1) is 0 Å². The number of imidazole rings is 1. The van der Waals surface area contributed by atoms with Crippen molar-refractivity contribution in [2.24, 2.45) is 4.99 Å². The molecular formula is C19H30N6. The molecule has 1 aliphatic heterocycles. The summed E-state index contributed by atoms with van der Waals surface area (Å²) in [5, 5.41) is 6.77. The minimum Gasteiger partial charge on any atom is -0.357 e. The molecule has 3 rings (SSSR count). The van der Waals surface area contributed by atoms with E-state index >= 15 is 0 Å². The number of aromatic nitrogens is 2. The van der Waals surface area contributed by atoms with Crippen LogP contribution in [0.3, 0.4) is 0 Å². The van der Waals surface area contributed by atoms with Crippen molar-refractivity contribution in [1.82, 2.24) is 25.5 Å². The number of aromatic amines is 1. The van der Waals surface area contributed by atoms with E-state index in [1.165, 1.54) is 19.4 Å². The molecule has 1 aliphatic rings. The second kappa shape index (κ2) is 8.85. The van der Waals surface area contributed by atoms with E-state index in [0.717, 1.165) is 55.4 Å². The van der Waals surface area contributed by atoms with E-state index in [-0.39, 0.29) is 0 Å². The number of H-pyrrole nitrogens is 1. The molecule has 0 aliphatic carbocycles. The van der Waals surface area contributed by atoms with Gasteiger partial charge in [0.25, 0.3) is 0 Å². The van der Waals surface area contributed by atoms with E-state index in [0.29, 0.717) is 6.04 Å². The van der Waals surface area contributed by atoms with Crippen LogP contribution in [0.15, 0.2) is 29.3 Å². The average Bonchev–Trinajstić information content (AvgIpc) is 3.25. The molecule has 0 spiro atoms. The Balaban J connectivity index is 1.51. The zero-order chi connectivity index (χ0) is 17.5. The van der Waals surface area contributed by atoms with Crippen molar-refractivity contribution in [1.29, 1.82) is 0 Å². The SMILES string of the molecule is CCNC(=NCC1CCCN1CC)NCCc1nc2ccccc2[nH]1. The van der Waals surface area contributed by atoms with E-state index in [2.05, 4.69) is 45.4 Å². The number of para-hydroxylation sites is 2. The van der Waals surface area contributed by atoms with Gasteiger partial charge in [0, 0.05) is 25.6 Å². The monoisotopic (exact) mass is 342 g/mol. The van der Waals surface area contributed by atoms with Crippen molar-refractivity contribution >= 4 is 17.0 Å². The van der Waals surface area contributed by atoms with Gasteiger partial charge >= 0.3 is 0 Å². The topological polar surface area (TPSA) is 68.3 Å². The van der Waals surface area contributed by atoms with E-state index in [1.54, 1.807) is 0 Å². The molecule has 136 valence electrons. The average molecular weight is 342 g/mol. The second-order valence-corrected chi connectivity index (χ2v) is 6.52. The molecule has 1 unspecified atom stereocenters. The maximum Gasteiger partial charge on any atom is 0.191 e. The summed E-state index contributed by atoms with van der Waals surface area (Å²) in [6, 6.07) is 8.74. The normalized spacial score (nSPS) is 18.8. The first-order valence-corrected chi connectivity index (χ1v) is 9.50. The molecule has 1 aromatic heterocycles. The standard InChI is InChI=1S/C19H30N6/c1-3-20-19(22-14-15-8-7-13-25(15)4-2)21-12-11-18-23-16-9-5-6-10-17(16)24-18/h5-6,9-10,15H,3-4,7-8,11-14H2,1-2H3,(H,23,24)(H2,20,21,22). The highest BCUT2D eigenvalue weighted by Crippen LogP contribution is 2.16. The van der Waals surface area contributed by atoms with Crippen molar-refractivity contribution in [3.8, 4) is 0 Å². The van der Waals surface area contributed by atoms with Crippen LogP contribution in [-0.4, -0.2) is 59.6 Å². The van der Waals surface area contributed by atoms with Crippen molar-refractivity contribution in [3.63, 3.8) is 0 Å². The Hall–Kier alpha value is -2.08. The van der Waals surface area contributed by atoms with Crippen LogP contribution in [0, 0.1) is 0 Å². The first kappa shape index (κ1) is 17.7. The van der Waals surface area contributed by atoms with Crippen LogP contribution < -0.4 is 10.6 Å². The Morgan fingerprint density at radius 3 is 3.00 bits per heavy atom. The number of aliphatic imine (C=N–C) groups is 1. The maximum atomic E-state index is 4.79. The molecule has 0 radical (unpaired) electrons. The molecule has 3 N–H and O–H groups in total. The van der Waals surface area contributed by atoms with Gasteiger partial charge in [-0.2, -0.15) is 0 Å². The van der Waals surface area contributed by atoms with Crippen LogP contribution >= 0.6 is 0 Å². The minimum absolute atomic E-state index is 0.593. The number of rotatable bonds is 7. The van der Waals surface area contributed by atoms with Gasteiger partial charge in [-0.1, -0.05) is 19.1 Å². The zero-order valence-corrected chi connectivity index (χ0v) is 15.4. The van der Waals surface area contributed by atoms with Gasteiger partial charge in [0.05, 0.1) is 17.6 Å². The molecule has 25 heavy (non-hydrogen) atoms. The number of likely N-dealkylation sites (tertiary alicyclic amines) is 1. The molecule has 6 nitrogen and oxygen atoms in total. The molecule has 0 bridgehead atoms. The summed E-state index contributed by atoms with van der Waals surface area (Å²) in [4.78, 5) is 15.3. The van der Waals surface area contributed by atoms with E-state index in [9.17, 15) is 0 Å². The lowest BCUT2D eigenvalue weighted by molar-refractivity contribution is 0.273. The summed E-state index contributed by atoms with van der Waals surface area (Å²) >= 11 is 0. The highest BCUT2D eigenvalue weighted by atomic mass is 15.2. The molecule has 1 fully saturated rings. The Morgan fingerprint density at radius 2 is 2.20 bits per heavy atom. The third kappa shape index (κ3) is 4.72. The predicted octanol–water partition coefficient (Wildman–Crippen LogP) is 2.14. The maximum absolute atomic E-state index is 4.79. The lowest BCUT2D eigenvalue weighted by Gasteiger charge is -2.21. The van der Waals surface area contributed by atoms with E-state index in [1.807, 2.05) is 18.2 Å². The lowest BCUT2D eigenvalue weighted by Crippen LogP contribution is -2.40. The molecule has 1 atom stereocenters. The summed E-state index contributed by atoms with van der Waals surface area (Å²) in [6.45, 7) is 9.23. The Labute approximate surface area is 150 Å². The van der Waals surface area contributed by atoms with Crippen molar-refractivity contribution in [3.05, 3.63) is 30.1 Å². The number of fused-ring (bicyclic) bond motifs is 1. The van der Waals surface area contributed by atoms with Gasteiger partial charge in [0.15, 0.2) is 5.96 Å². The summed E-state index contributed by atoms with van der Waals surface area (Å²) in [7, 11) is 0. The second-order valence-electron chi connectivity index (χ2n) is 6.52. The van der Waals surface area contributed by atoms with E-state index < -0.39 is 0 Å². The quantitative estimate of drug-likeness (QED) is 0.533. The van der Waals surface area contributed by atoms with Crippen LogP contribution in [0.2, 0.25) is 0 Å². The number of benzene rings is 1. The van der Waals surface area contributed by atoms with Crippen LogP contribution in [0.5, 0.6) is 0 Å². The van der Waals surface area contributed by atoms with Crippen LogP contribution in [0.25, 0.3) is 11.0 Å². The first-order valence-electron chi connectivity index (χ1n) is 9.50. The van der Waals surface area contributed by atoms with E-state index in [4.69, 9.17) is 4.99 Å². The fraction of sp³-hybridized carbons (Fsp3) is 0.579. The van der Waals surface area contributed by atoms with Crippen molar-refractivity contribution in [2.45, 2.75) is 39.2 Å². The summed E-state index contributed by atoms with van der Waals surface area (Å²) < 4.78 is 0. The molecule has 2 heterocycles. The highest BCUT2D eigenvalue weighted by molar-refractivity contribution is 5.79. The Kier molecular flexibility index (Phi) is 6.28. The lowest BCUT2D eigenvalue weighted by atomic mass is 10.2. The van der Waals surface area contributed by atoms with Crippen molar-refractivity contribution in [2.75, 3.05) is 32.7 Å². The molecule has 0 saturated carbocycles. The first-order chi connectivity index (χ1) is 12.3. The van der Waals surface area contributed by atoms with Gasteiger partial charge in [-0.05, 0) is 45.0 Å². The van der Waals surface area contributed by atoms with Gasteiger partial charge < -0.3 is 15.6 Å². The predicted molar refractivity (Wildman–Crippen MR) is 104 cm³/mol. The molecule has 1 aromatic carbocycles. The molecule has 1 saturated heterocycles. The zero-order valence-electron chi connectivity index (χ0n) is 15.4. The summed E-state index contributed by atoms with van der Waals surface area (Å²) in [6.07, 6.45) is 3.41. The number of guanidine groups is 1. The highest BCUT2D eigenvalue weighted by Gasteiger charge is 2.22. The fourth-order valence-corrected chi connectivity index (χ4v) is 3.48. The molecule has 2 aromatic rings. The van der Waals surface area contributed by atoms with Gasteiger partial charge in [0.2, 0.25) is 0 Å². The minimum atomic E-state index is 0.593. The molecular weight excluding hydrogens is 312 g/mol. The van der Waals surface area contributed by atoms with Crippen LogP contribution in [0.1, 0.15) is 32.5 Å². The Morgan fingerprint density at radius 1 is 1.32 bits per heavy atom. The summed E-state index contributed by atoms with van der Waals surface area (Å²) in [5.41, 5.74) is 2.12. The van der Waals surface area contributed by atoms with Crippen LogP contribution in [-0.2, 0) is 6.42 Å². The Bertz CT molecular complexity index is 659. The van der Waals surface area contributed by atoms with Gasteiger partial charge in [0.1, 0.15) is 5.82 Å². The van der Waals surface area contributed by atoms with Gasteiger partial charge in [-0.3, -0.25) is 9.89 Å². The number of nitrogens with one attached hydrogen (secondary N) is 3. The third-order valence-electron chi connectivity index (χ3n) is 4.80. The number of hydrogen-bond donors (Lipinski definition) is 3. The van der Waals surface area contributed by atoms with Gasteiger partial charge in [-0.25, -0.2) is 4.98 Å². The van der Waals surface area contributed by atoms with Crippen LogP contribution in [0.4, 0.5) is 0 Å². The molecule has 0 amide bonds. The fourth-order valence-electron chi connectivity index (χ4n) is 3.48. The van der Waals surface area contributed by atoms with Crippen molar-refractivity contribution < 1.29 is 0 Å². The number of hydrogen-bond acceptors (Lipinski definition) is 3.